The van der Waals surface area contributed by atoms with E-state index in [9.17, 15) is 4.79 Å². The summed E-state index contributed by atoms with van der Waals surface area (Å²) in [6.45, 7) is 6.30. The van der Waals surface area contributed by atoms with Crippen LogP contribution in [0.15, 0.2) is 24.3 Å². The zero-order chi connectivity index (χ0) is 16.6. The van der Waals surface area contributed by atoms with E-state index >= 15 is 0 Å². The Bertz CT molecular complexity index is 723. The van der Waals surface area contributed by atoms with Gasteiger partial charge in [-0.2, -0.15) is 0 Å². The standard InChI is InChI=1S/C17H21ClN2O2S/c1-17(2,3)22-16(21)20-12-8-11(12)19-9-14-15(18)10-6-4-5-7-13(10)23-14/h4-7,11-12,19H,8-9H2,1-3H3,(H,20,21). The SMILES string of the molecule is CC(C)(C)OC(=O)NC1CC1NCc1sc2ccccc2c1Cl. The summed E-state index contributed by atoms with van der Waals surface area (Å²) in [5, 5.41) is 8.27. The summed E-state index contributed by atoms with van der Waals surface area (Å²) in [4.78, 5) is 12.9. The van der Waals surface area contributed by atoms with Gasteiger partial charge in [0.25, 0.3) is 0 Å². The minimum absolute atomic E-state index is 0.137. The second-order valence-corrected chi connectivity index (χ2v) is 8.33. The molecule has 0 bridgehead atoms. The molecule has 0 saturated heterocycles. The zero-order valence-corrected chi connectivity index (χ0v) is 15.1. The van der Waals surface area contributed by atoms with Gasteiger partial charge in [-0.05, 0) is 33.3 Å². The summed E-state index contributed by atoms with van der Waals surface area (Å²) in [6.07, 6.45) is 0.563. The maximum Gasteiger partial charge on any atom is 0.407 e. The molecule has 1 fully saturated rings. The van der Waals surface area contributed by atoms with Crippen LogP contribution in [0, 0.1) is 0 Å². The number of carbonyl (C=O) groups excluding carboxylic acids is 1. The van der Waals surface area contributed by atoms with Crippen molar-refractivity contribution in [3.63, 3.8) is 0 Å². The fraction of sp³-hybridized carbons (Fsp3) is 0.471. The molecule has 3 rings (SSSR count). The first-order valence-electron chi connectivity index (χ1n) is 7.72. The van der Waals surface area contributed by atoms with Crippen LogP contribution in [0.2, 0.25) is 5.02 Å². The van der Waals surface area contributed by atoms with Crippen LogP contribution in [0.3, 0.4) is 0 Å². The molecule has 2 aromatic rings. The quantitative estimate of drug-likeness (QED) is 0.862. The van der Waals surface area contributed by atoms with Gasteiger partial charge < -0.3 is 15.4 Å². The largest absolute Gasteiger partial charge is 0.444 e. The van der Waals surface area contributed by atoms with Gasteiger partial charge in [0.05, 0.1) is 5.02 Å². The van der Waals surface area contributed by atoms with E-state index in [0.717, 1.165) is 28.3 Å². The number of rotatable bonds is 4. The number of halogens is 1. The van der Waals surface area contributed by atoms with Crippen LogP contribution < -0.4 is 10.6 Å². The molecule has 124 valence electrons. The van der Waals surface area contributed by atoms with Gasteiger partial charge in [-0.15, -0.1) is 11.3 Å². The molecule has 2 atom stereocenters. The molecule has 1 aromatic carbocycles. The van der Waals surface area contributed by atoms with Crippen LogP contribution in [0.5, 0.6) is 0 Å². The van der Waals surface area contributed by atoms with Gasteiger partial charge in [0.1, 0.15) is 5.60 Å². The van der Waals surface area contributed by atoms with Crippen molar-refractivity contribution < 1.29 is 9.53 Å². The molecule has 1 aliphatic carbocycles. The van der Waals surface area contributed by atoms with Crippen molar-refractivity contribution >= 4 is 39.1 Å². The maximum absolute atomic E-state index is 11.7. The Labute approximate surface area is 145 Å². The number of fused-ring (bicyclic) bond motifs is 1. The first-order valence-corrected chi connectivity index (χ1v) is 8.92. The molecular formula is C17H21ClN2O2S. The number of carbonyl (C=O) groups is 1. The molecule has 1 amide bonds. The first kappa shape index (κ1) is 16.6. The first-order chi connectivity index (χ1) is 10.8. The third kappa shape index (κ3) is 4.16. The van der Waals surface area contributed by atoms with E-state index in [-0.39, 0.29) is 18.2 Å². The molecule has 4 nitrogen and oxygen atoms in total. The summed E-state index contributed by atoms with van der Waals surface area (Å²) >= 11 is 8.15. The highest BCUT2D eigenvalue weighted by Crippen LogP contribution is 2.35. The number of ether oxygens (including phenoxy) is 1. The third-order valence-corrected chi connectivity index (χ3v) is 5.33. The monoisotopic (exact) mass is 352 g/mol. The second kappa shape index (κ2) is 6.30. The van der Waals surface area contributed by atoms with Crippen LogP contribution in [0.1, 0.15) is 32.1 Å². The molecule has 1 heterocycles. The maximum atomic E-state index is 11.7. The van der Waals surface area contributed by atoms with Gasteiger partial charge in [-0.1, -0.05) is 29.8 Å². The number of thiophene rings is 1. The van der Waals surface area contributed by atoms with Gasteiger partial charge in [-0.25, -0.2) is 4.79 Å². The van der Waals surface area contributed by atoms with Crippen molar-refractivity contribution in [2.24, 2.45) is 0 Å². The van der Waals surface area contributed by atoms with Crippen LogP contribution >= 0.6 is 22.9 Å². The fourth-order valence-corrected chi connectivity index (χ4v) is 3.89. The van der Waals surface area contributed by atoms with Gasteiger partial charge in [-0.3, -0.25) is 0 Å². The van der Waals surface area contributed by atoms with Crippen molar-refractivity contribution in [2.45, 2.75) is 51.4 Å². The number of nitrogens with one attached hydrogen (secondary N) is 2. The molecule has 1 saturated carbocycles. The Balaban J connectivity index is 1.50. The minimum atomic E-state index is -0.466. The Morgan fingerprint density at radius 2 is 2.09 bits per heavy atom. The molecule has 0 radical (unpaired) electrons. The lowest BCUT2D eigenvalue weighted by Crippen LogP contribution is -2.36. The van der Waals surface area contributed by atoms with Gasteiger partial charge in [0.2, 0.25) is 0 Å². The summed E-state index contributed by atoms with van der Waals surface area (Å²) in [6, 6.07) is 8.57. The predicted octanol–water partition coefficient (Wildman–Crippen LogP) is 4.31. The van der Waals surface area contributed by atoms with E-state index in [1.807, 2.05) is 39.0 Å². The summed E-state index contributed by atoms with van der Waals surface area (Å²) in [5.74, 6) is 0. The number of hydrogen-bond donors (Lipinski definition) is 2. The van der Waals surface area contributed by atoms with Crippen LogP contribution in [0.4, 0.5) is 4.79 Å². The minimum Gasteiger partial charge on any atom is -0.444 e. The second-order valence-electron chi connectivity index (χ2n) is 6.81. The molecule has 0 aliphatic heterocycles. The van der Waals surface area contributed by atoms with Crippen molar-refractivity contribution in [3.05, 3.63) is 34.2 Å². The lowest BCUT2D eigenvalue weighted by molar-refractivity contribution is 0.0522. The molecule has 1 aliphatic rings. The highest BCUT2D eigenvalue weighted by atomic mass is 35.5. The van der Waals surface area contributed by atoms with E-state index in [1.54, 1.807) is 11.3 Å². The molecular weight excluding hydrogens is 332 g/mol. The molecule has 23 heavy (non-hydrogen) atoms. The predicted molar refractivity (Wildman–Crippen MR) is 95.2 cm³/mol. The van der Waals surface area contributed by atoms with E-state index in [4.69, 9.17) is 16.3 Å². The van der Waals surface area contributed by atoms with Crippen LogP contribution in [0.25, 0.3) is 10.1 Å². The average molecular weight is 353 g/mol. The van der Waals surface area contributed by atoms with Crippen LogP contribution in [-0.2, 0) is 11.3 Å². The molecule has 2 N–H and O–H groups in total. The number of benzene rings is 1. The Kier molecular flexibility index (Phi) is 4.54. The lowest BCUT2D eigenvalue weighted by Gasteiger charge is -2.19. The smallest absolute Gasteiger partial charge is 0.407 e. The van der Waals surface area contributed by atoms with Gasteiger partial charge in [0.15, 0.2) is 0 Å². The summed E-state index contributed by atoms with van der Waals surface area (Å²) in [5.41, 5.74) is -0.466. The number of hydrogen-bond acceptors (Lipinski definition) is 4. The van der Waals surface area contributed by atoms with Gasteiger partial charge >= 0.3 is 6.09 Å². The topological polar surface area (TPSA) is 50.4 Å². The Morgan fingerprint density at radius 1 is 1.35 bits per heavy atom. The van der Waals surface area contributed by atoms with Crippen molar-refractivity contribution in [1.82, 2.24) is 10.6 Å². The summed E-state index contributed by atoms with van der Waals surface area (Å²) in [7, 11) is 0. The highest BCUT2D eigenvalue weighted by Gasteiger charge is 2.39. The Morgan fingerprint density at radius 3 is 2.78 bits per heavy atom. The van der Waals surface area contributed by atoms with E-state index in [2.05, 4.69) is 16.7 Å². The van der Waals surface area contributed by atoms with Crippen molar-refractivity contribution in [2.75, 3.05) is 0 Å². The van der Waals surface area contributed by atoms with Crippen molar-refractivity contribution in [3.8, 4) is 0 Å². The third-order valence-electron chi connectivity index (χ3n) is 3.62. The van der Waals surface area contributed by atoms with E-state index in [0.29, 0.717) is 0 Å². The lowest BCUT2D eigenvalue weighted by atomic mass is 10.2. The zero-order valence-electron chi connectivity index (χ0n) is 13.5. The van der Waals surface area contributed by atoms with E-state index in [1.165, 1.54) is 4.70 Å². The molecule has 2 unspecified atom stereocenters. The Hall–Kier alpha value is -1.30. The van der Waals surface area contributed by atoms with Gasteiger partial charge in [0, 0.05) is 33.6 Å². The number of amides is 1. The summed E-state index contributed by atoms with van der Waals surface area (Å²) < 4.78 is 6.46. The highest BCUT2D eigenvalue weighted by molar-refractivity contribution is 7.19. The van der Waals surface area contributed by atoms with Crippen LogP contribution in [-0.4, -0.2) is 23.8 Å². The molecule has 0 spiro atoms. The van der Waals surface area contributed by atoms with Crippen molar-refractivity contribution in [1.29, 1.82) is 0 Å². The molecule has 1 aromatic heterocycles. The fourth-order valence-electron chi connectivity index (χ4n) is 2.44. The number of alkyl carbamates (subject to hydrolysis) is 1. The molecule has 6 heteroatoms. The normalized spacial score (nSPS) is 20.5. The average Bonchev–Trinajstić information content (AvgIpc) is 3.10. The van der Waals surface area contributed by atoms with E-state index < -0.39 is 5.60 Å².